The lowest BCUT2D eigenvalue weighted by molar-refractivity contribution is 0.0689. The molecule has 0 aliphatic heterocycles. The quantitative estimate of drug-likeness (QED) is 0.643. The van der Waals surface area contributed by atoms with Crippen LogP contribution in [-0.2, 0) is 0 Å². The first-order valence-electron chi connectivity index (χ1n) is 5.28. The minimum Gasteiger partial charge on any atom is -0.508 e. The Morgan fingerprint density at radius 3 is 2.26 bits per heavy atom. The van der Waals surface area contributed by atoms with Crippen LogP contribution in [0.2, 0.25) is 0 Å². The minimum atomic E-state index is -1.22. The molecule has 2 N–H and O–H groups in total. The molecule has 0 bridgehead atoms. The maximum atomic E-state index is 11.7. The van der Waals surface area contributed by atoms with Gasteiger partial charge in [0, 0.05) is 0 Å². The van der Waals surface area contributed by atoms with Gasteiger partial charge in [-0.3, -0.25) is 0 Å². The molecule has 0 saturated carbocycles. The van der Waals surface area contributed by atoms with Crippen molar-refractivity contribution in [1.82, 2.24) is 4.98 Å². The Morgan fingerprint density at radius 1 is 1.00 bits per heavy atom. The molecule has 1 aromatic carbocycles. The summed E-state index contributed by atoms with van der Waals surface area (Å²) in [5, 5.41) is 17.9. The number of aromatic nitrogens is 1. The average Bonchev–Trinajstić information content (AvgIpc) is 2.41. The summed E-state index contributed by atoms with van der Waals surface area (Å²) >= 11 is 0. The van der Waals surface area contributed by atoms with Crippen molar-refractivity contribution in [2.75, 3.05) is 0 Å². The zero-order chi connectivity index (χ0) is 13.8. The van der Waals surface area contributed by atoms with E-state index in [1.54, 1.807) is 0 Å². The fourth-order valence-electron chi connectivity index (χ4n) is 1.34. The number of benzene rings is 1. The number of carboxylic acid groups (broad SMARTS) is 1. The lowest BCUT2D eigenvalue weighted by Gasteiger charge is -2.04. The third kappa shape index (κ3) is 3.06. The van der Waals surface area contributed by atoms with Gasteiger partial charge in [-0.25, -0.2) is 14.6 Å². The molecular weight excluding hydrogens is 250 g/mol. The highest BCUT2D eigenvalue weighted by molar-refractivity contribution is 5.91. The zero-order valence-electron chi connectivity index (χ0n) is 9.61. The van der Waals surface area contributed by atoms with Crippen molar-refractivity contribution in [1.29, 1.82) is 0 Å². The molecule has 0 atom stereocenters. The van der Waals surface area contributed by atoms with Crippen molar-refractivity contribution in [3.8, 4) is 11.5 Å². The van der Waals surface area contributed by atoms with E-state index in [4.69, 9.17) is 14.9 Å². The lowest BCUT2D eigenvalue weighted by Crippen LogP contribution is -2.12. The summed E-state index contributed by atoms with van der Waals surface area (Å²) in [5.41, 5.74) is -0.340. The van der Waals surface area contributed by atoms with Crippen molar-refractivity contribution in [2.45, 2.75) is 0 Å². The van der Waals surface area contributed by atoms with Gasteiger partial charge in [0.05, 0.1) is 0 Å². The van der Waals surface area contributed by atoms with Crippen LogP contribution in [0.25, 0.3) is 0 Å². The van der Waals surface area contributed by atoms with Crippen LogP contribution in [0.1, 0.15) is 21.0 Å². The van der Waals surface area contributed by atoms with Crippen molar-refractivity contribution in [3.05, 3.63) is 53.9 Å². The maximum absolute atomic E-state index is 11.7. The normalized spacial score (nSPS) is 9.89. The largest absolute Gasteiger partial charge is 0.508 e. The third-order valence-corrected chi connectivity index (χ3v) is 2.22. The highest BCUT2D eigenvalue weighted by Crippen LogP contribution is 2.17. The molecule has 1 aromatic heterocycles. The number of aromatic carboxylic acids is 1. The number of phenols is 1. The number of rotatable bonds is 3. The molecule has 6 nitrogen and oxygen atoms in total. The first-order valence-corrected chi connectivity index (χ1v) is 5.28. The molecule has 0 amide bonds. The summed E-state index contributed by atoms with van der Waals surface area (Å²) < 4.78 is 4.98. The van der Waals surface area contributed by atoms with Gasteiger partial charge >= 0.3 is 11.9 Å². The van der Waals surface area contributed by atoms with Crippen LogP contribution in [0.4, 0.5) is 0 Å². The second-order valence-corrected chi connectivity index (χ2v) is 3.60. The van der Waals surface area contributed by atoms with E-state index in [1.807, 2.05) is 0 Å². The van der Waals surface area contributed by atoms with Gasteiger partial charge in [-0.05, 0) is 36.4 Å². The molecule has 96 valence electrons. The predicted octanol–water partition coefficient (Wildman–Crippen LogP) is 1.70. The van der Waals surface area contributed by atoms with Gasteiger partial charge in [-0.1, -0.05) is 6.07 Å². The van der Waals surface area contributed by atoms with Gasteiger partial charge in [0.25, 0.3) is 0 Å². The first-order chi connectivity index (χ1) is 9.06. The molecular formula is C13H9NO5. The number of carboxylic acids is 1. The number of carbonyl (C=O) groups is 2. The molecule has 2 rings (SSSR count). The summed E-state index contributed by atoms with van der Waals surface area (Å²) in [7, 11) is 0. The monoisotopic (exact) mass is 259 g/mol. The topological polar surface area (TPSA) is 96.7 Å². The number of hydrogen-bond acceptors (Lipinski definition) is 5. The number of esters is 1. The van der Waals surface area contributed by atoms with Gasteiger partial charge in [-0.15, -0.1) is 0 Å². The smallest absolute Gasteiger partial charge is 0.362 e. The molecule has 0 aliphatic rings. The molecule has 0 radical (unpaired) electrons. The van der Waals surface area contributed by atoms with E-state index < -0.39 is 11.9 Å². The summed E-state index contributed by atoms with van der Waals surface area (Å²) in [6, 6.07) is 9.59. The number of phenolic OH excluding ortho intramolecular Hbond substituents is 1. The Labute approximate surface area is 107 Å². The molecule has 1 heterocycles. The van der Waals surface area contributed by atoms with Gasteiger partial charge in [-0.2, -0.15) is 0 Å². The first kappa shape index (κ1) is 12.6. The molecule has 19 heavy (non-hydrogen) atoms. The summed E-state index contributed by atoms with van der Waals surface area (Å²) in [4.78, 5) is 26.1. The highest BCUT2D eigenvalue weighted by atomic mass is 16.5. The van der Waals surface area contributed by atoms with E-state index >= 15 is 0 Å². The van der Waals surface area contributed by atoms with Gasteiger partial charge < -0.3 is 14.9 Å². The van der Waals surface area contributed by atoms with Crippen LogP contribution >= 0.6 is 0 Å². The highest BCUT2D eigenvalue weighted by Gasteiger charge is 2.13. The Balaban J connectivity index is 2.18. The van der Waals surface area contributed by atoms with Crippen LogP contribution in [0, 0.1) is 0 Å². The van der Waals surface area contributed by atoms with E-state index in [9.17, 15) is 9.59 Å². The second kappa shape index (κ2) is 5.18. The SMILES string of the molecule is O=C(O)c1cccc(C(=O)Oc2ccc(O)cc2)n1. The molecule has 6 heteroatoms. The lowest BCUT2D eigenvalue weighted by atomic mass is 10.3. The molecule has 0 unspecified atom stereocenters. The van der Waals surface area contributed by atoms with Crippen LogP contribution in [-0.4, -0.2) is 27.1 Å². The van der Waals surface area contributed by atoms with Crippen LogP contribution < -0.4 is 4.74 Å². The molecule has 0 aliphatic carbocycles. The standard InChI is InChI=1S/C13H9NO5/c15-8-4-6-9(7-5-8)19-13(18)11-3-1-2-10(14-11)12(16)17/h1-7,15H,(H,16,17). The van der Waals surface area contributed by atoms with E-state index in [1.165, 1.54) is 42.5 Å². The number of aromatic hydroxyl groups is 1. The molecule has 0 fully saturated rings. The third-order valence-electron chi connectivity index (χ3n) is 2.22. The van der Waals surface area contributed by atoms with E-state index in [-0.39, 0.29) is 22.9 Å². The molecule has 2 aromatic rings. The van der Waals surface area contributed by atoms with E-state index in [0.29, 0.717) is 0 Å². The van der Waals surface area contributed by atoms with Crippen LogP contribution in [0.3, 0.4) is 0 Å². The number of nitrogens with zero attached hydrogens (tertiary/aromatic N) is 1. The maximum Gasteiger partial charge on any atom is 0.362 e. The van der Waals surface area contributed by atoms with Gasteiger partial charge in [0.1, 0.15) is 22.9 Å². The van der Waals surface area contributed by atoms with Crippen molar-refractivity contribution < 1.29 is 24.5 Å². The van der Waals surface area contributed by atoms with E-state index in [0.717, 1.165) is 0 Å². The fourth-order valence-corrected chi connectivity index (χ4v) is 1.34. The zero-order valence-corrected chi connectivity index (χ0v) is 9.61. The summed E-state index contributed by atoms with van der Waals surface area (Å²) in [6.45, 7) is 0. The Hall–Kier alpha value is -2.89. The van der Waals surface area contributed by atoms with Gasteiger partial charge in [0.2, 0.25) is 0 Å². The second-order valence-electron chi connectivity index (χ2n) is 3.60. The van der Waals surface area contributed by atoms with Crippen molar-refractivity contribution >= 4 is 11.9 Å². The van der Waals surface area contributed by atoms with Crippen molar-refractivity contribution in [2.24, 2.45) is 0 Å². The van der Waals surface area contributed by atoms with Crippen molar-refractivity contribution in [3.63, 3.8) is 0 Å². The number of hydrogen-bond donors (Lipinski definition) is 2. The number of ether oxygens (including phenoxy) is 1. The Kier molecular flexibility index (Phi) is 3.42. The summed E-state index contributed by atoms with van der Waals surface area (Å²) in [5.74, 6) is -1.72. The average molecular weight is 259 g/mol. The molecule has 0 spiro atoms. The van der Waals surface area contributed by atoms with Crippen LogP contribution in [0.15, 0.2) is 42.5 Å². The van der Waals surface area contributed by atoms with Crippen LogP contribution in [0.5, 0.6) is 11.5 Å². The predicted molar refractivity (Wildman–Crippen MR) is 64.3 cm³/mol. The van der Waals surface area contributed by atoms with E-state index in [2.05, 4.69) is 4.98 Å². The minimum absolute atomic E-state index is 0.0470. The number of carbonyl (C=O) groups excluding carboxylic acids is 1. The summed E-state index contributed by atoms with van der Waals surface area (Å²) in [6.07, 6.45) is 0. The van der Waals surface area contributed by atoms with Gasteiger partial charge in [0.15, 0.2) is 0 Å². The molecule has 0 saturated heterocycles. The fraction of sp³-hybridized carbons (Fsp3) is 0. The number of pyridine rings is 1. The Morgan fingerprint density at radius 2 is 1.63 bits per heavy atom. The Bertz CT molecular complexity index is 621.